The fraction of sp³-hybridized carbons (Fsp3) is 0.621. The highest BCUT2D eigenvalue weighted by molar-refractivity contribution is 5.74. The lowest BCUT2D eigenvalue weighted by Crippen LogP contribution is -2.39. The molecule has 0 aliphatic heterocycles. The summed E-state index contributed by atoms with van der Waals surface area (Å²) in [5.41, 5.74) is 42.0. The van der Waals surface area contributed by atoms with Gasteiger partial charge in [0.2, 0.25) is 0 Å². The standard InChI is InChI=1S/C9H11NO3.C6H14N2O2.2C5H12N2O2.C4H9NO3/c10-8(9(12)13)5-6-1-3-7(11)4-2-6;7-4-2-1-3-5(8)6(9)10;2*6-3-1-2-4(7)5(8)9;1-2(6)3(5)4(7)8/h1-4,8,11H,5,10H2,(H,12,13);5H,1-4,7-8H2,(H,9,10);2*4H,1-3,6-7H2,(H,8,9);2-3,6H,5H2,1H3,(H,7,8)/t8-;5-;2*4-;2-,3+/m00001/s1. The molecule has 0 saturated carbocycles. The van der Waals surface area contributed by atoms with Gasteiger partial charge in [0.05, 0.1) is 6.10 Å². The monoisotopic (exact) mass is 710 g/mol. The molecule has 23 N–H and O–H groups in total. The van der Waals surface area contributed by atoms with Crippen molar-refractivity contribution < 1.29 is 59.7 Å². The number of rotatable bonds is 18. The second-order valence-corrected chi connectivity index (χ2v) is 10.4. The maximum atomic E-state index is 10.4. The molecule has 1 rings (SSSR count). The second kappa shape index (κ2) is 32.6. The predicted octanol–water partition coefficient (Wildman–Crippen LogP) is -3.07. The van der Waals surface area contributed by atoms with Gasteiger partial charge in [-0.25, -0.2) is 0 Å². The third-order valence-corrected chi connectivity index (χ3v) is 5.87. The Kier molecular flexibility index (Phi) is 34.4. The van der Waals surface area contributed by atoms with Crippen LogP contribution in [0.4, 0.5) is 0 Å². The van der Waals surface area contributed by atoms with E-state index in [0.29, 0.717) is 51.7 Å². The third kappa shape index (κ3) is 35.1. The number of phenolic OH excluding ortho intramolecular Hbond substituents is 1. The van der Waals surface area contributed by atoms with Gasteiger partial charge in [-0.2, -0.15) is 0 Å². The third-order valence-electron chi connectivity index (χ3n) is 5.87. The van der Waals surface area contributed by atoms with Crippen LogP contribution in [0.2, 0.25) is 0 Å². The van der Waals surface area contributed by atoms with Gasteiger partial charge in [-0.15, -0.1) is 0 Å². The smallest absolute Gasteiger partial charge is 0.323 e. The highest BCUT2D eigenvalue weighted by Crippen LogP contribution is 2.10. The topological polar surface area (TPSA) is 435 Å². The molecular formula is C29H58N8O12. The maximum Gasteiger partial charge on any atom is 0.323 e. The fourth-order valence-electron chi connectivity index (χ4n) is 2.73. The first-order valence-corrected chi connectivity index (χ1v) is 15.2. The van der Waals surface area contributed by atoms with Crippen LogP contribution in [-0.4, -0.2) is 122 Å². The molecule has 20 heteroatoms. The molecule has 0 amide bonds. The molecule has 0 fully saturated rings. The number of hydrogen-bond acceptors (Lipinski definition) is 15. The van der Waals surface area contributed by atoms with E-state index in [1.54, 1.807) is 12.1 Å². The lowest BCUT2D eigenvalue weighted by Gasteiger charge is -2.06. The number of hydrogen-bond donors (Lipinski definition) is 15. The fourth-order valence-corrected chi connectivity index (χ4v) is 2.73. The van der Waals surface area contributed by atoms with Crippen LogP contribution in [0.5, 0.6) is 5.75 Å². The van der Waals surface area contributed by atoms with E-state index in [4.69, 9.17) is 81.6 Å². The van der Waals surface area contributed by atoms with Gasteiger partial charge in [0.15, 0.2) is 0 Å². The van der Waals surface area contributed by atoms with E-state index in [1.165, 1.54) is 19.1 Å². The molecular weight excluding hydrogens is 652 g/mol. The van der Waals surface area contributed by atoms with Crippen LogP contribution in [0.1, 0.15) is 57.4 Å². The van der Waals surface area contributed by atoms with Crippen molar-refractivity contribution >= 4 is 29.8 Å². The number of aliphatic carboxylic acids is 5. The Labute approximate surface area is 285 Å². The van der Waals surface area contributed by atoms with Gasteiger partial charge in [-0.05, 0) is 89.2 Å². The quantitative estimate of drug-likeness (QED) is 0.0672. The summed E-state index contributed by atoms with van der Waals surface area (Å²) in [4.78, 5) is 50.5. The molecule has 0 unspecified atom stereocenters. The Morgan fingerprint density at radius 3 is 1.12 bits per heavy atom. The SMILES string of the molecule is C[C@@H](O)[C@H](N)C(=O)O.NCCCC[C@H](N)C(=O)O.NCCC[C@H](N)C(=O)O.NCCC[C@H](N)C(=O)O.N[C@@H](Cc1ccc(O)cc1)C(=O)O. The molecule has 6 atom stereocenters. The highest BCUT2D eigenvalue weighted by Gasteiger charge is 2.16. The molecule has 286 valence electrons. The Balaban J connectivity index is -0.000000262. The predicted molar refractivity (Wildman–Crippen MR) is 181 cm³/mol. The average Bonchev–Trinajstić information content (AvgIpc) is 3.03. The first kappa shape index (κ1) is 51.8. The Morgan fingerprint density at radius 2 is 0.878 bits per heavy atom. The minimum Gasteiger partial charge on any atom is -0.508 e. The zero-order valence-corrected chi connectivity index (χ0v) is 27.8. The first-order chi connectivity index (χ1) is 22.7. The summed E-state index contributed by atoms with van der Waals surface area (Å²) in [5, 5.41) is 58.8. The molecule has 1 aromatic rings. The molecule has 0 spiro atoms. The van der Waals surface area contributed by atoms with Crippen LogP contribution in [0.25, 0.3) is 0 Å². The van der Waals surface area contributed by atoms with Crippen molar-refractivity contribution in [3.05, 3.63) is 29.8 Å². The van der Waals surface area contributed by atoms with Gasteiger partial charge in [0.25, 0.3) is 0 Å². The first-order valence-electron chi connectivity index (χ1n) is 15.2. The Hall–Kier alpha value is -3.99. The number of unbranched alkanes of at least 4 members (excludes halogenated alkanes) is 1. The number of nitrogens with two attached hydrogens (primary N) is 8. The lowest BCUT2D eigenvalue weighted by atomic mass is 10.1. The van der Waals surface area contributed by atoms with Crippen molar-refractivity contribution in [1.29, 1.82) is 0 Å². The zero-order valence-electron chi connectivity index (χ0n) is 27.8. The van der Waals surface area contributed by atoms with E-state index in [1.807, 2.05) is 0 Å². The van der Waals surface area contributed by atoms with E-state index in [0.717, 1.165) is 18.4 Å². The molecule has 0 heterocycles. The summed E-state index contributed by atoms with van der Waals surface area (Å²) in [6.45, 7) is 2.94. The number of benzene rings is 1. The molecule has 49 heavy (non-hydrogen) atoms. The number of carboxylic acids is 5. The van der Waals surface area contributed by atoms with Crippen molar-refractivity contribution in [3.63, 3.8) is 0 Å². The minimum absolute atomic E-state index is 0.160. The molecule has 0 aromatic heterocycles. The number of aliphatic hydroxyl groups is 1. The van der Waals surface area contributed by atoms with Crippen LogP contribution in [0.3, 0.4) is 0 Å². The van der Waals surface area contributed by atoms with Crippen LogP contribution < -0.4 is 45.9 Å². The summed E-state index contributed by atoms with van der Waals surface area (Å²) >= 11 is 0. The minimum atomic E-state index is -1.18. The summed E-state index contributed by atoms with van der Waals surface area (Å²) in [6.07, 6.45) is 3.73. The lowest BCUT2D eigenvalue weighted by molar-refractivity contribution is -0.141. The van der Waals surface area contributed by atoms with E-state index < -0.39 is 66.2 Å². The van der Waals surface area contributed by atoms with Gasteiger partial charge < -0.3 is 81.6 Å². The van der Waals surface area contributed by atoms with Gasteiger partial charge >= 0.3 is 29.8 Å². The largest absolute Gasteiger partial charge is 0.508 e. The van der Waals surface area contributed by atoms with Crippen molar-refractivity contribution in [1.82, 2.24) is 0 Å². The summed E-state index contributed by atoms with van der Waals surface area (Å²) in [5.74, 6) is -4.88. The van der Waals surface area contributed by atoms with E-state index in [-0.39, 0.29) is 12.2 Å². The van der Waals surface area contributed by atoms with Crippen LogP contribution >= 0.6 is 0 Å². The summed E-state index contributed by atoms with van der Waals surface area (Å²) in [6, 6.07) is 2.07. The number of aromatic hydroxyl groups is 1. The van der Waals surface area contributed by atoms with Crippen molar-refractivity contribution in [3.8, 4) is 5.75 Å². The van der Waals surface area contributed by atoms with Crippen LogP contribution in [0, 0.1) is 0 Å². The van der Waals surface area contributed by atoms with Gasteiger partial charge in [-0.1, -0.05) is 18.6 Å². The molecule has 0 bridgehead atoms. The Bertz CT molecular complexity index is 1010. The number of carboxylic acid groups (broad SMARTS) is 5. The van der Waals surface area contributed by atoms with Crippen LogP contribution in [0.15, 0.2) is 24.3 Å². The van der Waals surface area contributed by atoms with E-state index in [9.17, 15) is 24.0 Å². The molecule has 0 radical (unpaired) electrons. The van der Waals surface area contributed by atoms with E-state index >= 15 is 0 Å². The van der Waals surface area contributed by atoms with Gasteiger partial charge in [0, 0.05) is 0 Å². The molecule has 0 aliphatic carbocycles. The normalized spacial score (nSPS) is 13.6. The number of carbonyl (C=O) groups is 5. The average molecular weight is 711 g/mol. The number of aliphatic hydroxyl groups excluding tert-OH is 1. The zero-order chi connectivity index (χ0) is 39.1. The van der Waals surface area contributed by atoms with Crippen molar-refractivity contribution in [2.45, 2.75) is 94.6 Å². The summed E-state index contributed by atoms with van der Waals surface area (Å²) in [7, 11) is 0. The highest BCUT2D eigenvalue weighted by atomic mass is 16.4. The van der Waals surface area contributed by atoms with Gasteiger partial charge in [-0.3, -0.25) is 24.0 Å². The van der Waals surface area contributed by atoms with Crippen molar-refractivity contribution in [2.24, 2.45) is 45.9 Å². The van der Waals surface area contributed by atoms with Crippen molar-refractivity contribution in [2.75, 3.05) is 19.6 Å². The van der Waals surface area contributed by atoms with E-state index in [2.05, 4.69) is 0 Å². The Morgan fingerprint density at radius 1 is 0.551 bits per heavy atom. The van der Waals surface area contributed by atoms with Gasteiger partial charge in [0.1, 0.15) is 36.0 Å². The maximum absolute atomic E-state index is 10.4. The summed E-state index contributed by atoms with van der Waals surface area (Å²) < 4.78 is 0. The molecule has 1 aromatic carbocycles. The number of phenols is 1. The molecule has 20 nitrogen and oxygen atoms in total. The van der Waals surface area contributed by atoms with Crippen LogP contribution in [-0.2, 0) is 30.4 Å². The molecule has 0 saturated heterocycles. The molecule has 0 aliphatic rings. The second-order valence-electron chi connectivity index (χ2n) is 10.4.